The van der Waals surface area contributed by atoms with Crippen LogP contribution in [0.2, 0.25) is 0 Å². The van der Waals surface area contributed by atoms with Crippen molar-refractivity contribution in [3.8, 4) is 0 Å². The standard InChI is InChI=1S/C17H30N2O6/c1-5-24-17(23)14-13(25-14)16(22)19-12(8-10(2)3)15(21)18-7-6-11(4)9-20/h10-14,20H,5-9H2,1-4H3,(H,18,21)(H,19,22)/t11?,12-,13-,14-/m0/s1. The van der Waals surface area contributed by atoms with E-state index in [0.717, 1.165) is 0 Å². The maximum absolute atomic E-state index is 12.3. The van der Waals surface area contributed by atoms with Crippen LogP contribution in [0.4, 0.5) is 0 Å². The summed E-state index contributed by atoms with van der Waals surface area (Å²) in [5, 5.41) is 14.4. The van der Waals surface area contributed by atoms with Crippen LogP contribution in [-0.4, -0.2) is 60.9 Å². The Morgan fingerprint density at radius 3 is 2.44 bits per heavy atom. The highest BCUT2D eigenvalue weighted by Gasteiger charge is 2.52. The van der Waals surface area contributed by atoms with Gasteiger partial charge in [-0.15, -0.1) is 0 Å². The highest BCUT2D eigenvalue weighted by molar-refractivity contribution is 5.95. The van der Waals surface area contributed by atoms with E-state index in [1.165, 1.54) is 0 Å². The molecule has 2 amide bonds. The molecule has 0 aliphatic carbocycles. The molecule has 25 heavy (non-hydrogen) atoms. The van der Waals surface area contributed by atoms with Crippen molar-refractivity contribution in [2.75, 3.05) is 19.8 Å². The minimum absolute atomic E-state index is 0.0658. The number of esters is 1. The van der Waals surface area contributed by atoms with Gasteiger partial charge in [-0.3, -0.25) is 9.59 Å². The van der Waals surface area contributed by atoms with Crippen molar-refractivity contribution in [1.82, 2.24) is 10.6 Å². The van der Waals surface area contributed by atoms with Crippen molar-refractivity contribution in [1.29, 1.82) is 0 Å². The van der Waals surface area contributed by atoms with Crippen LogP contribution in [0, 0.1) is 11.8 Å². The highest BCUT2D eigenvalue weighted by Crippen LogP contribution is 2.24. The Balaban J connectivity index is 2.51. The average molecular weight is 358 g/mol. The number of carbonyl (C=O) groups is 3. The van der Waals surface area contributed by atoms with E-state index in [-0.39, 0.29) is 31.0 Å². The summed E-state index contributed by atoms with van der Waals surface area (Å²) in [5.74, 6) is -1.02. The molecular weight excluding hydrogens is 328 g/mol. The molecule has 0 aromatic carbocycles. The molecule has 0 spiro atoms. The lowest BCUT2D eigenvalue weighted by Crippen LogP contribution is -2.49. The summed E-state index contributed by atoms with van der Waals surface area (Å²) >= 11 is 0. The van der Waals surface area contributed by atoms with Crippen molar-refractivity contribution in [3.05, 3.63) is 0 Å². The summed E-state index contributed by atoms with van der Waals surface area (Å²) in [7, 11) is 0. The van der Waals surface area contributed by atoms with Crippen LogP contribution in [0.15, 0.2) is 0 Å². The van der Waals surface area contributed by atoms with E-state index in [9.17, 15) is 14.4 Å². The highest BCUT2D eigenvalue weighted by atomic mass is 16.6. The summed E-state index contributed by atoms with van der Waals surface area (Å²) in [4.78, 5) is 36.0. The molecule has 0 saturated carbocycles. The smallest absolute Gasteiger partial charge is 0.338 e. The molecule has 0 aromatic rings. The van der Waals surface area contributed by atoms with Crippen molar-refractivity contribution < 1.29 is 29.0 Å². The molecule has 1 saturated heterocycles. The molecule has 1 aliphatic heterocycles. The van der Waals surface area contributed by atoms with Gasteiger partial charge < -0.3 is 25.2 Å². The van der Waals surface area contributed by atoms with Gasteiger partial charge in [0.1, 0.15) is 6.04 Å². The predicted octanol–water partition coefficient (Wildman–Crippen LogP) is -0.0175. The molecule has 0 radical (unpaired) electrons. The fraction of sp³-hybridized carbons (Fsp3) is 0.824. The van der Waals surface area contributed by atoms with E-state index in [0.29, 0.717) is 19.4 Å². The van der Waals surface area contributed by atoms with Gasteiger partial charge in [-0.1, -0.05) is 20.8 Å². The Kier molecular flexibility index (Phi) is 8.85. The minimum atomic E-state index is -0.893. The quantitative estimate of drug-likeness (QED) is 0.353. The number of rotatable bonds is 11. The van der Waals surface area contributed by atoms with Gasteiger partial charge in [0.05, 0.1) is 6.61 Å². The van der Waals surface area contributed by atoms with Gasteiger partial charge >= 0.3 is 5.97 Å². The molecule has 8 nitrogen and oxygen atoms in total. The van der Waals surface area contributed by atoms with Crippen molar-refractivity contribution in [2.45, 2.75) is 58.8 Å². The third-order valence-corrected chi connectivity index (χ3v) is 3.86. The third kappa shape index (κ3) is 7.39. The van der Waals surface area contributed by atoms with Gasteiger partial charge in [0.2, 0.25) is 5.91 Å². The van der Waals surface area contributed by atoms with Gasteiger partial charge in [-0.05, 0) is 31.6 Å². The normalized spacial score (nSPS) is 21.4. The molecule has 4 atom stereocenters. The van der Waals surface area contributed by atoms with Crippen LogP contribution < -0.4 is 10.6 Å². The fourth-order valence-corrected chi connectivity index (χ4v) is 2.33. The van der Waals surface area contributed by atoms with Crippen molar-refractivity contribution >= 4 is 17.8 Å². The fourth-order valence-electron chi connectivity index (χ4n) is 2.33. The summed E-state index contributed by atoms with van der Waals surface area (Å²) in [5.41, 5.74) is 0. The van der Waals surface area contributed by atoms with Crippen LogP contribution in [0.3, 0.4) is 0 Å². The maximum Gasteiger partial charge on any atom is 0.338 e. The molecule has 8 heteroatoms. The summed E-state index contributed by atoms with van der Waals surface area (Å²) in [6, 6.07) is -0.691. The summed E-state index contributed by atoms with van der Waals surface area (Å²) < 4.78 is 9.87. The number of aliphatic hydroxyl groups is 1. The first-order valence-electron chi connectivity index (χ1n) is 8.81. The number of epoxide rings is 1. The zero-order valence-corrected chi connectivity index (χ0v) is 15.4. The number of aliphatic hydroxyl groups excluding tert-OH is 1. The topological polar surface area (TPSA) is 117 Å². The second-order valence-corrected chi connectivity index (χ2v) is 6.79. The molecule has 1 unspecified atom stereocenters. The van der Waals surface area contributed by atoms with E-state index in [1.54, 1.807) is 6.92 Å². The Hall–Kier alpha value is -1.67. The van der Waals surface area contributed by atoms with E-state index >= 15 is 0 Å². The zero-order valence-electron chi connectivity index (χ0n) is 15.4. The van der Waals surface area contributed by atoms with Crippen LogP contribution in [0.1, 0.15) is 40.5 Å². The van der Waals surface area contributed by atoms with Crippen LogP contribution in [0.5, 0.6) is 0 Å². The monoisotopic (exact) mass is 358 g/mol. The number of hydrogen-bond donors (Lipinski definition) is 3. The van der Waals surface area contributed by atoms with Crippen LogP contribution >= 0.6 is 0 Å². The molecule has 0 aromatic heterocycles. The summed E-state index contributed by atoms with van der Waals surface area (Å²) in [6.45, 7) is 8.19. The first-order valence-corrected chi connectivity index (χ1v) is 8.81. The molecule has 3 N–H and O–H groups in total. The number of carbonyl (C=O) groups excluding carboxylic acids is 3. The number of amides is 2. The first kappa shape index (κ1) is 21.4. The Morgan fingerprint density at radius 2 is 1.88 bits per heavy atom. The van der Waals surface area contributed by atoms with Crippen LogP contribution in [0.25, 0.3) is 0 Å². The van der Waals surface area contributed by atoms with Crippen molar-refractivity contribution in [2.24, 2.45) is 11.8 Å². The Morgan fingerprint density at radius 1 is 1.20 bits per heavy atom. The van der Waals surface area contributed by atoms with Gasteiger partial charge in [0.25, 0.3) is 5.91 Å². The predicted molar refractivity (Wildman–Crippen MR) is 90.6 cm³/mol. The molecule has 1 aliphatic rings. The SMILES string of the molecule is CCOC(=O)[C@H]1O[C@@H]1C(=O)N[C@@H](CC(C)C)C(=O)NCCC(C)CO. The number of ether oxygens (including phenoxy) is 2. The van der Waals surface area contributed by atoms with Gasteiger partial charge in [-0.25, -0.2) is 4.79 Å². The number of hydrogen-bond acceptors (Lipinski definition) is 6. The molecule has 144 valence electrons. The lowest BCUT2D eigenvalue weighted by atomic mass is 10.0. The van der Waals surface area contributed by atoms with Gasteiger partial charge in [0, 0.05) is 13.2 Å². The lowest BCUT2D eigenvalue weighted by Gasteiger charge is -2.20. The van der Waals surface area contributed by atoms with E-state index in [1.807, 2.05) is 20.8 Å². The van der Waals surface area contributed by atoms with Gasteiger partial charge in [-0.2, -0.15) is 0 Å². The van der Waals surface area contributed by atoms with Crippen molar-refractivity contribution in [3.63, 3.8) is 0 Å². The van der Waals surface area contributed by atoms with E-state index in [2.05, 4.69) is 10.6 Å². The molecule has 1 rings (SSSR count). The second-order valence-electron chi connectivity index (χ2n) is 6.79. The van der Waals surface area contributed by atoms with E-state index in [4.69, 9.17) is 14.6 Å². The molecular formula is C17H30N2O6. The number of nitrogens with one attached hydrogen (secondary N) is 2. The summed E-state index contributed by atoms with van der Waals surface area (Å²) in [6.07, 6.45) is -0.644. The first-order chi connectivity index (χ1) is 11.8. The third-order valence-electron chi connectivity index (χ3n) is 3.86. The zero-order chi connectivity index (χ0) is 19.0. The van der Waals surface area contributed by atoms with Gasteiger partial charge in [0.15, 0.2) is 12.2 Å². The maximum atomic E-state index is 12.3. The minimum Gasteiger partial charge on any atom is -0.464 e. The molecule has 1 heterocycles. The average Bonchev–Trinajstić information content (AvgIpc) is 3.34. The molecule has 0 bridgehead atoms. The van der Waals surface area contributed by atoms with Crippen LogP contribution in [-0.2, 0) is 23.9 Å². The molecule has 1 fully saturated rings. The van der Waals surface area contributed by atoms with E-state index < -0.39 is 30.1 Å². The lowest BCUT2D eigenvalue weighted by molar-refractivity contribution is -0.144. The second kappa shape index (κ2) is 10.4. The largest absolute Gasteiger partial charge is 0.464 e. The Labute approximate surface area is 148 Å². The Bertz CT molecular complexity index is 468.